The fourth-order valence-corrected chi connectivity index (χ4v) is 5.82. The number of nitrogens with zero attached hydrogens (tertiary/aromatic N) is 4. The summed E-state index contributed by atoms with van der Waals surface area (Å²) < 4.78 is 43.4. The minimum Gasteiger partial charge on any atom is -0.383 e. The number of carbonyl (C=O) groups excluding carboxylic acids is 2. The maximum Gasteiger partial charge on any atom is 0.418 e. The maximum atomic E-state index is 14.5. The van der Waals surface area contributed by atoms with E-state index in [9.17, 15) is 22.8 Å². The second-order valence-corrected chi connectivity index (χ2v) is 11.9. The van der Waals surface area contributed by atoms with Crippen LogP contribution in [0, 0.1) is 5.41 Å². The van der Waals surface area contributed by atoms with E-state index in [0.717, 1.165) is 22.8 Å². The van der Waals surface area contributed by atoms with Crippen LogP contribution in [-0.4, -0.2) is 72.6 Å². The number of carbonyl (C=O) groups is 2. The molecule has 246 valence electrons. The zero-order chi connectivity index (χ0) is 33.7. The van der Waals surface area contributed by atoms with Crippen molar-refractivity contribution in [2.24, 2.45) is 0 Å². The van der Waals surface area contributed by atoms with E-state index in [2.05, 4.69) is 10.3 Å². The summed E-state index contributed by atoms with van der Waals surface area (Å²) >= 11 is 0. The molecule has 2 aliphatic rings. The number of aryl methyl sites for hydroxylation is 1. The van der Waals surface area contributed by atoms with Crippen LogP contribution in [0.4, 0.5) is 30.2 Å². The lowest BCUT2D eigenvalue weighted by Crippen LogP contribution is -2.36. The van der Waals surface area contributed by atoms with Crippen LogP contribution in [0.1, 0.15) is 36.5 Å². The van der Waals surface area contributed by atoms with E-state index < -0.39 is 11.7 Å². The Balaban J connectivity index is 1.45. The van der Waals surface area contributed by atoms with E-state index in [1.54, 1.807) is 17.2 Å². The molecule has 1 aliphatic carbocycles. The SMILES string of the molecule is CCN(CCNc1ccc(N2C(=O)CCc3cnc4ccc(C/C=C5/C=CC=CC5=N)cc4c32)cc1C(F)(F)F)C(=O)CCN(C)C. The standard InChI is InChI=1S/C36H39F3N6O2/c1-4-44(33(46)17-19-43(2)3)20-18-41-32-15-13-27(22-29(32)36(37,38)39)45-34(47)16-12-26-23-42-31-14-10-24(21-28(31)35(26)45)9-11-25-7-5-6-8-30(25)40/h5-8,10-11,13-15,21-23,40-41H,4,9,12,16-20H2,1-3H3/b25-11-,40-30?. The molecule has 3 aromatic rings. The van der Waals surface area contributed by atoms with Crippen molar-refractivity contribution in [2.45, 2.75) is 38.8 Å². The van der Waals surface area contributed by atoms with Gasteiger partial charge in [0.05, 0.1) is 22.5 Å². The van der Waals surface area contributed by atoms with Crippen LogP contribution in [0.15, 0.2) is 78.5 Å². The largest absolute Gasteiger partial charge is 0.418 e. The van der Waals surface area contributed by atoms with Crippen molar-refractivity contribution < 1.29 is 22.8 Å². The lowest BCUT2D eigenvalue weighted by molar-refractivity contribution is -0.137. The smallest absolute Gasteiger partial charge is 0.383 e. The number of benzene rings is 2. The Bertz CT molecular complexity index is 1780. The van der Waals surface area contributed by atoms with Gasteiger partial charge in [0.15, 0.2) is 0 Å². The highest BCUT2D eigenvalue weighted by molar-refractivity contribution is 6.11. The van der Waals surface area contributed by atoms with Gasteiger partial charge in [0, 0.05) is 62.0 Å². The van der Waals surface area contributed by atoms with Gasteiger partial charge in [0.25, 0.3) is 0 Å². The van der Waals surface area contributed by atoms with Crippen molar-refractivity contribution in [3.63, 3.8) is 0 Å². The van der Waals surface area contributed by atoms with Gasteiger partial charge in [-0.3, -0.25) is 19.5 Å². The molecule has 5 rings (SSSR count). The average molecular weight is 645 g/mol. The van der Waals surface area contributed by atoms with Crippen molar-refractivity contribution in [2.75, 3.05) is 50.5 Å². The molecule has 0 bridgehead atoms. The summed E-state index contributed by atoms with van der Waals surface area (Å²) in [6.45, 7) is 3.28. The second-order valence-electron chi connectivity index (χ2n) is 11.9. The van der Waals surface area contributed by atoms with E-state index in [1.165, 1.54) is 17.0 Å². The zero-order valence-corrected chi connectivity index (χ0v) is 26.8. The molecule has 0 radical (unpaired) electrons. The molecule has 2 aromatic carbocycles. The van der Waals surface area contributed by atoms with Gasteiger partial charge < -0.3 is 20.5 Å². The Kier molecular flexibility index (Phi) is 10.2. The molecule has 0 spiro atoms. The second kappa shape index (κ2) is 14.3. The molecule has 11 heteroatoms. The summed E-state index contributed by atoms with van der Waals surface area (Å²) in [5.41, 5.74) is 3.20. The lowest BCUT2D eigenvalue weighted by Gasteiger charge is -2.31. The average Bonchev–Trinajstić information content (AvgIpc) is 3.04. The van der Waals surface area contributed by atoms with Gasteiger partial charge in [-0.05, 0) is 87.0 Å². The molecule has 2 heterocycles. The van der Waals surface area contributed by atoms with Gasteiger partial charge in [-0.1, -0.05) is 30.4 Å². The van der Waals surface area contributed by atoms with Crippen LogP contribution >= 0.6 is 0 Å². The van der Waals surface area contributed by atoms with Crippen LogP contribution in [0.25, 0.3) is 10.9 Å². The van der Waals surface area contributed by atoms with E-state index >= 15 is 0 Å². The van der Waals surface area contributed by atoms with E-state index in [-0.39, 0.29) is 42.7 Å². The van der Waals surface area contributed by atoms with E-state index in [0.29, 0.717) is 54.7 Å². The molecule has 1 aromatic heterocycles. The quantitative estimate of drug-likeness (QED) is 0.243. The van der Waals surface area contributed by atoms with Crippen molar-refractivity contribution >= 4 is 45.5 Å². The monoisotopic (exact) mass is 644 g/mol. The fraction of sp³-hybridized carbons (Fsp3) is 0.333. The molecule has 0 unspecified atom stereocenters. The van der Waals surface area contributed by atoms with Crippen LogP contribution in [0.5, 0.6) is 0 Å². The number of alkyl halides is 3. The number of allylic oxidation sites excluding steroid dienone is 6. The third kappa shape index (κ3) is 7.79. The summed E-state index contributed by atoms with van der Waals surface area (Å²) in [6, 6.07) is 9.60. The van der Waals surface area contributed by atoms with Gasteiger partial charge in [0.1, 0.15) is 0 Å². The molecule has 8 nitrogen and oxygen atoms in total. The Morgan fingerprint density at radius 1 is 1.09 bits per heavy atom. The molecule has 2 amide bonds. The van der Waals surface area contributed by atoms with Crippen LogP contribution in [-0.2, 0) is 28.6 Å². The zero-order valence-electron chi connectivity index (χ0n) is 26.8. The molecule has 0 saturated heterocycles. The predicted octanol–water partition coefficient (Wildman–Crippen LogP) is 6.69. The normalized spacial score (nSPS) is 15.6. The first-order valence-corrected chi connectivity index (χ1v) is 15.7. The number of likely N-dealkylation sites (N-methyl/N-ethyl adjacent to an activating group) is 1. The number of aromatic nitrogens is 1. The summed E-state index contributed by atoms with van der Waals surface area (Å²) in [5, 5.41) is 11.7. The number of fused-ring (bicyclic) bond motifs is 3. The molecule has 2 N–H and O–H groups in total. The van der Waals surface area contributed by atoms with Crippen molar-refractivity contribution in [1.82, 2.24) is 14.8 Å². The highest BCUT2D eigenvalue weighted by atomic mass is 19.4. The highest BCUT2D eigenvalue weighted by Gasteiger charge is 2.36. The molecule has 0 saturated carbocycles. The molecule has 0 atom stereocenters. The first-order chi connectivity index (χ1) is 22.5. The minimum absolute atomic E-state index is 0.0550. The van der Waals surface area contributed by atoms with Crippen molar-refractivity contribution in [1.29, 1.82) is 5.41 Å². The van der Waals surface area contributed by atoms with E-state index in [4.69, 9.17) is 5.41 Å². The maximum absolute atomic E-state index is 14.5. The van der Waals surface area contributed by atoms with Crippen molar-refractivity contribution in [3.8, 4) is 0 Å². The lowest BCUT2D eigenvalue weighted by atomic mass is 9.96. The minimum atomic E-state index is -4.69. The number of pyridine rings is 1. The Morgan fingerprint density at radius 2 is 1.87 bits per heavy atom. The molecular weight excluding hydrogens is 605 g/mol. The third-order valence-electron chi connectivity index (χ3n) is 8.35. The summed E-state index contributed by atoms with van der Waals surface area (Å²) in [5.74, 6) is -0.352. The summed E-state index contributed by atoms with van der Waals surface area (Å²) in [7, 11) is 3.75. The number of hydrogen-bond donors (Lipinski definition) is 2. The summed E-state index contributed by atoms with van der Waals surface area (Å²) in [4.78, 5) is 35.5. The molecule has 1 aliphatic heterocycles. The van der Waals surface area contributed by atoms with Crippen LogP contribution in [0.2, 0.25) is 0 Å². The topological polar surface area (TPSA) is 92.6 Å². The van der Waals surface area contributed by atoms with Gasteiger partial charge >= 0.3 is 6.18 Å². The van der Waals surface area contributed by atoms with Gasteiger partial charge in [-0.2, -0.15) is 13.2 Å². The van der Waals surface area contributed by atoms with E-state index in [1.807, 2.05) is 68.4 Å². The Hall–Kier alpha value is -4.77. The number of anilines is 3. The predicted molar refractivity (Wildman–Crippen MR) is 180 cm³/mol. The molecule has 47 heavy (non-hydrogen) atoms. The highest BCUT2D eigenvalue weighted by Crippen LogP contribution is 2.43. The van der Waals surface area contributed by atoms with Gasteiger partial charge in [-0.25, -0.2) is 0 Å². The number of amides is 2. The molecule has 0 fully saturated rings. The number of rotatable bonds is 11. The number of nitrogens with one attached hydrogen (secondary N) is 2. The Morgan fingerprint density at radius 3 is 2.60 bits per heavy atom. The Labute approximate surface area is 272 Å². The van der Waals surface area contributed by atoms with Crippen molar-refractivity contribution in [3.05, 3.63) is 95.2 Å². The van der Waals surface area contributed by atoms with Gasteiger partial charge in [0.2, 0.25) is 11.8 Å². The number of hydrogen-bond acceptors (Lipinski definition) is 6. The first kappa shape index (κ1) is 33.6. The van der Waals surface area contributed by atoms with Crippen LogP contribution < -0.4 is 10.2 Å². The molecular formula is C36H39F3N6O2. The van der Waals surface area contributed by atoms with Gasteiger partial charge in [-0.15, -0.1) is 0 Å². The number of halogens is 3. The summed E-state index contributed by atoms with van der Waals surface area (Å²) in [6.07, 6.45) is 7.67. The first-order valence-electron chi connectivity index (χ1n) is 15.7. The third-order valence-corrected chi connectivity index (χ3v) is 8.35. The fourth-order valence-electron chi connectivity index (χ4n) is 5.82. The van der Waals surface area contributed by atoms with Crippen LogP contribution in [0.3, 0.4) is 0 Å².